The van der Waals surface area contributed by atoms with Crippen molar-refractivity contribution in [2.24, 2.45) is 0 Å². The molecule has 0 aliphatic heterocycles. The Morgan fingerprint density at radius 3 is 2.78 bits per heavy atom. The number of nitrogens with zero attached hydrogens (tertiary/aromatic N) is 2. The van der Waals surface area contributed by atoms with E-state index < -0.39 is 11.9 Å². The van der Waals surface area contributed by atoms with E-state index in [4.69, 9.17) is 9.47 Å². The summed E-state index contributed by atoms with van der Waals surface area (Å²) in [6, 6.07) is 12.6. The molecule has 1 aliphatic carbocycles. The Hall–Kier alpha value is -3.19. The van der Waals surface area contributed by atoms with Gasteiger partial charge in [0.2, 0.25) is 11.8 Å². The van der Waals surface area contributed by atoms with Crippen molar-refractivity contribution in [1.29, 1.82) is 0 Å². The fourth-order valence-corrected chi connectivity index (χ4v) is 3.10. The van der Waals surface area contributed by atoms with Gasteiger partial charge in [0, 0.05) is 11.3 Å². The first-order chi connectivity index (χ1) is 13.1. The predicted molar refractivity (Wildman–Crippen MR) is 98.1 cm³/mol. The third-order valence-corrected chi connectivity index (χ3v) is 4.44. The second-order valence-electron chi connectivity index (χ2n) is 6.19. The minimum atomic E-state index is -0.680. The van der Waals surface area contributed by atoms with Crippen LogP contribution >= 0.6 is 0 Å². The highest BCUT2D eigenvalue weighted by atomic mass is 19.1. The Morgan fingerprint density at radius 1 is 1.19 bits per heavy atom. The van der Waals surface area contributed by atoms with Gasteiger partial charge in [-0.15, -0.1) is 0 Å². The molecule has 0 amide bonds. The van der Waals surface area contributed by atoms with Crippen LogP contribution in [0, 0.1) is 5.82 Å². The van der Waals surface area contributed by atoms with Crippen molar-refractivity contribution >= 4 is 11.6 Å². The lowest BCUT2D eigenvalue weighted by atomic mass is 10.1. The molecule has 1 aromatic heterocycles. The van der Waals surface area contributed by atoms with Crippen molar-refractivity contribution < 1.29 is 19.0 Å². The summed E-state index contributed by atoms with van der Waals surface area (Å²) in [4.78, 5) is 8.07. The largest absolute Gasteiger partial charge is 0.497 e. The van der Waals surface area contributed by atoms with Gasteiger partial charge in [-0.25, -0.2) is 4.98 Å². The maximum Gasteiger partial charge on any atom is 0.260 e. The van der Waals surface area contributed by atoms with Gasteiger partial charge in [0.1, 0.15) is 11.5 Å². The van der Waals surface area contributed by atoms with Gasteiger partial charge in [-0.1, -0.05) is 12.1 Å². The first-order valence-corrected chi connectivity index (χ1v) is 8.55. The lowest BCUT2D eigenvalue weighted by Crippen LogP contribution is -2.02. The van der Waals surface area contributed by atoms with Crippen molar-refractivity contribution in [3.05, 3.63) is 65.6 Å². The van der Waals surface area contributed by atoms with Gasteiger partial charge in [-0.3, -0.25) is 0 Å². The second-order valence-corrected chi connectivity index (χ2v) is 6.19. The number of aromatic nitrogens is 2. The smallest absolute Gasteiger partial charge is 0.260 e. The monoisotopic (exact) mass is 367 g/mol. The zero-order chi connectivity index (χ0) is 18.8. The molecule has 138 valence electrons. The summed E-state index contributed by atoms with van der Waals surface area (Å²) < 4.78 is 25.0. The number of benzene rings is 2. The number of aliphatic hydroxyl groups excluding tert-OH is 1. The standard InChI is InChI=1S/C20H18FN3O3/c1-26-14-8-6-13(7-9-14)23-20-22-11-15(21)19(24-20)27-17-4-2-3-12-5-10-16(25)18(12)17/h2-4,6-9,11,16,25H,5,10H2,1H3,(H,22,23,24). The average molecular weight is 367 g/mol. The number of hydrogen-bond acceptors (Lipinski definition) is 6. The van der Waals surface area contributed by atoms with E-state index in [1.807, 2.05) is 12.1 Å². The molecule has 2 aromatic carbocycles. The number of aliphatic hydroxyl groups is 1. The van der Waals surface area contributed by atoms with Crippen molar-refractivity contribution in [3.8, 4) is 17.4 Å². The summed E-state index contributed by atoms with van der Waals surface area (Å²) in [5, 5.41) is 13.2. The van der Waals surface area contributed by atoms with E-state index in [0.29, 0.717) is 17.7 Å². The summed E-state index contributed by atoms with van der Waals surface area (Å²) in [6.07, 6.45) is 1.84. The Morgan fingerprint density at radius 2 is 2.00 bits per heavy atom. The molecule has 1 atom stereocenters. The molecule has 0 bridgehead atoms. The number of hydrogen-bond donors (Lipinski definition) is 2. The maximum atomic E-state index is 14.2. The Kier molecular flexibility index (Phi) is 4.60. The molecule has 27 heavy (non-hydrogen) atoms. The molecule has 2 N–H and O–H groups in total. The van der Waals surface area contributed by atoms with Crippen LogP contribution in [0.25, 0.3) is 0 Å². The molecule has 1 unspecified atom stereocenters. The quantitative estimate of drug-likeness (QED) is 0.706. The van der Waals surface area contributed by atoms with Gasteiger partial charge >= 0.3 is 0 Å². The summed E-state index contributed by atoms with van der Waals surface area (Å²) >= 11 is 0. The highest BCUT2D eigenvalue weighted by Crippen LogP contribution is 2.39. The maximum absolute atomic E-state index is 14.2. The van der Waals surface area contributed by atoms with Crippen LogP contribution in [0.15, 0.2) is 48.7 Å². The number of fused-ring (bicyclic) bond motifs is 1. The molecule has 1 aliphatic rings. The van der Waals surface area contributed by atoms with Gasteiger partial charge in [0.25, 0.3) is 5.88 Å². The SMILES string of the molecule is COc1ccc(Nc2ncc(F)c(Oc3cccc4c3C(O)CC4)n2)cc1. The molecular weight excluding hydrogens is 349 g/mol. The minimum Gasteiger partial charge on any atom is -0.497 e. The topological polar surface area (TPSA) is 76.5 Å². The fourth-order valence-electron chi connectivity index (χ4n) is 3.10. The Bertz CT molecular complexity index is 963. The molecule has 7 heteroatoms. The first-order valence-electron chi connectivity index (χ1n) is 8.55. The van der Waals surface area contributed by atoms with E-state index in [9.17, 15) is 9.50 Å². The molecular formula is C20H18FN3O3. The average Bonchev–Trinajstić information content (AvgIpc) is 3.07. The van der Waals surface area contributed by atoms with E-state index in [2.05, 4.69) is 15.3 Å². The van der Waals surface area contributed by atoms with E-state index in [0.717, 1.165) is 29.6 Å². The number of halogens is 1. The van der Waals surface area contributed by atoms with E-state index in [1.54, 1.807) is 37.4 Å². The molecule has 0 fully saturated rings. The van der Waals surface area contributed by atoms with E-state index in [-0.39, 0.29) is 11.8 Å². The highest BCUT2D eigenvalue weighted by Gasteiger charge is 2.25. The van der Waals surface area contributed by atoms with Gasteiger partial charge in [-0.05, 0) is 48.7 Å². The Labute approximate surface area is 155 Å². The third-order valence-electron chi connectivity index (χ3n) is 4.44. The van der Waals surface area contributed by atoms with Crippen LogP contribution in [0.2, 0.25) is 0 Å². The van der Waals surface area contributed by atoms with Gasteiger partial charge in [0.05, 0.1) is 19.4 Å². The predicted octanol–water partition coefficient (Wildman–Crippen LogP) is 4.14. The lowest BCUT2D eigenvalue weighted by Gasteiger charge is -2.13. The number of nitrogens with one attached hydrogen (secondary N) is 1. The van der Waals surface area contributed by atoms with Gasteiger partial charge < -0.3 is 19.9 Å². The number of methoxy groups -OCH3 is 1. The second kappa shape index (κ2) is 7.20. The summed E-state index contributed by atoms with van der Waals surface area (Å²) in [7, 11) is 1.59. The zero-order valence-corrected chi connectivity index (χ0v) is 14.6. The zero-order valence-electron chi connectivity index (χ0n) is 14.6. The number of aryl methyl sites for hydroxylation is 1. The van der Waals surface area contributed by atoms with Gasteiger partial charge in [-0.2, -0.15) is 9.37 Å². The number of ether oxygens (including phenoxy) is 2. The fraction of sp³-hybridized carbons (Fsp3) is 0.200. The summed E-state index contributed by atoms with van der Waals surface area (Å²) in [5.41, 5.74) is 2.43. The number of anilines is 2. The van der Waals surface area contributed by atoms with Gasteiger partial charge in [0.15, 0.2) is 0 Å². The third kappa shape index (κ3) is 3.54. The first kappa shape index (κ1) is 17.2. The highest BCUT2D eigenvalue weighted by molar-refractivity contribution is 5.55. The van der Waals surface area contributed by atoms with Crippen LogP contribution in [-0.2, 0) is 6.42 Å². The van der Waals surface area contributed by atoms with Crippen molar-refractivity contribution in [2.45, 2.75) is 18.9 Å². The van der Waals surface area contributed by atoms with Crippen LogP contribution in [-0.4, -0.2) is 22.2 Å². The Balaban J connectivity index is 1.59. The molecule has 0 saturated heterocycles. The van der Waals surface area contributed by atoms with Crippen LogP contribution in [0.1, 0.15) is 23.7 Å². The molecule has 1 heterocycles. The van der Waals surface area contributed by atoms with Crippen molar-refractivity contribution in [2.75, 3.05) is 12.4 Å². The van der Waals surface area contributed by atoms with E-state index >= 15 is 0 Å². The van der Waals surface area contributed by atoms with Crippen LogP contribution in [0.4, 0.5) is 16.0 Å². The summed E-state index contributed by atoms with van der Waals surface area (Å²) in [6.45, 7) is 0. The van der Waals surface area contributed by atoms with E-state index in [1.165, 1.54) is 0 Å². The van der Waals surface area contributed by atoms with Crippen molar-refractivity contribution in [1.82, 2.24) is 9.97 Å². The molecule has 3 aromatic rings. The van der Waals surface area contributed by atoms with Crippen LogP contribution in [0.5, 0.6) is 17.4 Å². The minimum absolute atomic E-state index is 0.199. The normalized spacial score (nSPS) is 15.3. The molecule has 6 nitrogen and oxygen atoms in total. The van der Waals surface area contributed by atoms with Crippen LogP contribution in [0.3, 0.4) is 0 Å². The molecule has 0 spiro atoms. The van der Waals surface area contributed by atoms with Crippen LogP contribution < -0.4 is 14.8 Å². The summed E-state index contributed by atoms with van der Waals surface area (Å²) in [5.74, 6) is 0.449. The lowest BCUT2D eigenvalue weighted by molar-refractivity contribution is 0.176. The van der Waals surface area contributed by atoms with Crippen molar-refractivity contribution in [3.63, 3.8) is 0 Å². The molecule has 4 rings (SSSR count). The molecule has 0 saturated carbocycles. The number of rotatable bonds is 5. The molecule has 0 radical (unpaired) electrons.